The number of rotatable bonds is 4. The molecule has 0 atom stereocenters. The van der Waals surface area contributed by atoms with E-state index < -0.39 is 16.9 Å². The molecule has 0 spiro atoms. The van der Waals surface area contributed by atoms with Crippen molar-refractivity contribution in [2.45, 2.75) is 33.2 Å². The maximum Gasteiger partial charge on any atom is 0.311 e. The zero-order chi connectivity index (χ0) is 14.3. The van der Waals surface area contributed by atoms with Gasteiger partial charge >= 0.3 is 5.97 Å². The Balaban J connectivity index is 2.40. The Labute approximate surface area is 115 Å². The van der Waals surface area contributed by atoms with Crippen molar-refractivity contribution in [1.82, 2.24) is 9.97 Å². The molecule has 0 unspecified atom stereocenters. The lowest BCUT2D eigenvalue weighted by Gasteiger charge is -2.39. The number of carbonyl (C=O) groups is 1. The Bertz CT molecular complexity index is 619. The SMILES string of the molecule is CC(C)(Nc1ncnc2sccc12)C(C)(C)C(=O)O. The van der Waals surface area contributed by atoms with Gasteiger partial charge in [-0.25, -0.2) is 9.97 Å². The number of thiophene rings is 1. The molecule has 2 aromatic heterocycles. The molecule has 0 amide bonds. The number of hydrogen-bond donors (Lipinski definition) is 2. The van der Waals surface area contributed by atoms with Gasteiger partial charge in [-0.15, -0.1) is 11.3 Å². The van der Waals surface area contributed by atoms with E-state index in [0.717, 1.165) is 10.2 Å². The van der Waals surface area contributed by atoms with Gasteiger partial charge in [-0.2, -0.15) is 0 Å². The predicted octanol–water partition coefficient (Wildman–Crippen LogP) is 2.99. The second-order valence-corrected chi connectivity index (χ2v) is 6.44. The number of anilines is 1. The zero-order valence-corrected chi connectivity index (χ0v) is 12.2. The minimum atomic E-state index is -0.930. The molecule has 5 nitrogen and oxygen atoms in total. The van der Waals surface area contributed by atoms with E-state index in [-0.39, 0.29) is 0 Å². The molecule has 0 radical (unpaired) electrons. The summed E-state index contributed by atoms with van der Waals surface area (Å²) < 4.78 is 0. The lowest BCUT2D eigenvalue weighted by atomic mass is 9.74. The van der Waals surface area contributed by atoms with Crippen LogP contribution in [0.4, 0.5) is 5.82 Å². The van der Waals surface area contributed by atoms with Crippen molar-refractivity contribution in [3.63, 3.8) is 0 Å². The van der Waals surface area contributed by atoms with E-state index in [2.05, 4.69) is 15.3 Å². The van der Waals surface area contributed by atoms with Crippen molar-refractivity contribution in [3.8, 4) is 0 Å². The fraction of sp³-hybridized carbons (Fsp3) is 0.462. The third kappa shape index (κ3) is 2.28. The van der Waals surface area contributed by atoms with Gasteiger partial charge in [-0.3, -0.25) is 4.79 Å². The fourth-order valence-electron chi connectivity index (χ4n) is 1.61. The summed E-state index contributed by atoms with van der Waals surface area (Å²) in [6, 6.07) is 1.94. The molecule has 6 heteroatoms. The van der Waals surface area contributed by atoms with Crippen LogP contribution in [-0.2, 0) is 4.79 Å². The average Bonchev–Trinajstić information content (AvgIpc) is 2.77. The monoisotopic (exact) mass is 279 g/mol. The first-order valence-electron chi connectivity index (χ1n) is 5.95. The number of carboxylic acids is 1. The number of aromatic nitrogens is 2. The highest BCUT2D eigenvalue weighted by atomic mass is 32.1. The van der Waals surface area contributed by atoms with E-state index in [4.69, 9.17) is 0 Å². The van der Waals surface area contributed by atoms with Crippen molar-refractivity contribution >= 4 is 33.3 Å². The summed E-state index contributed by atoms with van der Waals surface area (Å²) in [5.74, 6) is -0.175. The quantitative estimate of drug-likeness (QED) is 0.900. The van der Waals surface area contributed by atoms with Crippen LogP contribution in [0.25, 0.3) is 10.2 Å². The Morgan fingerprint density at radius 1 is 1.32 bits per heavy atom. The highest BCUT2D eigenvalue weighted by molar-refractivity contribution is 7.16. The van der Waals surface area contributed by atoms with Gasteiger partial charge in [0.1, 0.15) is 17.0 Å². The van der Waals surface area contributed by atoms with Crippen molar-refractivity contribution in [2.24, 2.45) is 5.41 Å². The van der Waals surface area contributed by atoms with Gasteiger partial charge < -0.3 is 10.4 Å². The van der Waals surface area contributed by atoms with Gasteiger partial charge in [-0.1, -0.05) is 0 Å². The van der Waals surface area contributed by atoms with Crippen LogP contribution in [0.3, 0.4) is 0 Å². The van der Waals surface area contributed by atoms with Gasteiger partial charge in [0, 0.05) is 5.54 Å². The number of nitrogens with one attached hydrogen (secondary N) is 1. The van der Waals surface area contributed by atoms with Crippen LogP contribution in [0.15, 0.2) is 17.8 Å². The number of aliphatic carboxylic acids is 1. The molecule has 0 aliphatic rings. The number of hydrogen-bond acceptors (Lipinski definition) is 5. The molecule has 0 aliphatic heterocycles. The molecule has 19 heavy (non-hydrogen) atoms. The minimum Gasteiger partial charge on any atom is -0.481 e. The molecule has 0 fully saturated rings. The Morgan fingerprint density at radius 3 is 2.63 bits per heavy atom. The van der Waals surface area contributed by atoms with Crippen molar-refractivity contribution in [2.75, 3.05) is 5.32 Å². The molecule has 2 N–H and O–H groups in total. The van der Waals surface area contributed by atoms with E-state index in [9.17, 15) is 9.90 Å². The molecule has 0 saturated heterocycles. The molecular weight excluding hydrogens is 262 g/mol. The third-order valence-corrected chi connectivity index (χ3v) is 4.61. The standard InChI is InChI=1S/C13H17N3O2S/c1-12(2,11(17)18)13(3,4)16-9-8-5-6-19-10(8)15-7-14-9/h5-7H,1-4H3,(H,17,18)(H,14,15,16). The number of nitrogens with zero attached hydrogens (tertiary/aromatic N) is 2. The van der Waals surface area contributed by atoms with Crippen LogP contribution in [-0.4, -0.2) is 26.6 Å². The largest absolute Gasteiger partial charge is 0.481 e. The average molecular weight is 279 g/mol. The van der Waals surface area contributed by atoms with Crippen LogP contribution in [0.1, 0.15) is 27.7 Å². The predicted molar refractivity (Wildman–Crippen MR) is 76.5 cm³/mol. The molecule has 2 aromatic rings. The van der Waals surface area contributed by atoms with Gasteiger partial charge in [0.2, 0.25) is 0 Å². The topological polar surface area (TPSA) is 75.1 Å². The number of fused-ring (bicyclic) bond motifs is 1. The minimum absolute atomic E-state index is 0.651. The second-order valence-electron chi connectivity index (χ2n) is 5.54. The van der Waals surface area contributed by atoms with E-state index in [1.807, 2.05) is 25.3 Å². The Morgan fingerprint density at radius 2 is 2.00 bits per heavy atom. The summed E-state index contributed by atoms with van der Waals surface area (Å²) in [4.78, 5) is 20.7. The van der Waals surface area contributed by atoms with Crippen LogP contribution < -0.4 is 5.32 Å². The second kappa shape index (κ2) is 4.45. The smallest absolute Gasteiger partial charge is 0.311 e. The van der Waals surface area contributed by atoms with Crippen molar-refractivity contribution in [1.29, 1.82) is 0 Å². The molecule has 0 bridgehead atoms. The summed E-state index contributed by atoms with van der Waals surface area (Å²) in [5, 5.41) is 15.5. The van der Waals surface area contributed by atoms with Crippen LogP contribution in [0, 0.1) is 5.41 Å². The third-order valence-electron chi connectivity index (χ3n) is 3.79. The van der Waals surface area contributed by atoms with E-state index in [1.165, 1.54) is 17.7 Å². The Kier molecular flexibility index (Phi) is 3.22. The highest BCUT2D eigenvalue weighted by Crippen LogP contribution is 2.35. The summed E-state index contributed by atoms with van der Waals surface area (Å²) >= 11 is 1.53. The first-order chi connectivity index (χ1) is 8.75. The fourth-order valence-corrected chi connectivity index (χ4v) is 2.34. The molecule has 0 aromatic carbocycles. The molecular formula is C13H17N3O2S. The van der Waals surface area contributed by atoms with Crippen molar-refractivity contribution < 1.29 is 9.90 Å². The van der Waals surface area contributed by atoms with E-state index in [1.54, 1.807) is 13.8 Å². The van der Waals surface area contributed by atoms with Gasteiger partial charge in [0.05, 0.1) is 10.8 Å². The van der Waals surface area contributed by atoms with Gasteiger partial charge in [-0.05, 0) is 39.1 Å². The summed E-state index contributed by atoms with van der Waals surface area (Å²) in [5.41, 5.74) is -1.58. The normalized spacial score (nSPS) is 12.6. The summed E-state index contributed by atoms with van der Waals surface area (Å²) in [6.07, 6.45) is 1.49. The van der Waals surface area contributed by atoms with E-state index >= 15 is 0 Å². The molecule has 2 heterocycles. The molecule has 2 rings (SSSR count). The van der Waals surface area contributed by atoms with Crippen LogP contribution >= 0.6 is 11.3 Å². The first kappa shape index (κ1) is 13.7. The van der Waals surface area contributed by atoms with Gasteiger partial charge in [0.25, 0.3) is 0 Å². The summed E-state index contributed by atoms with van der Waals surface area (Å²) in [6.45, 7) is 7.13. The summed E-state index contributed by atoms with van der Waals surface area (Å²) in [7, 11) is 0. The van der Waals surface area contributed by atoms with Gasteiger partial charge in [0.15, 0.2) is 0 Å². The Hall–Kier alpha value is -1.69. The molecule has 0 aliphatic carbocycles. The molecule has 102 valence electrons. The highest BCUT2D eigenvalue weighted by Gasteiger charge is 2.43. The zero-order valence-electron chi connectivity index (χ0n) is 11.4. The number of carboxylic acid groups (broad SMARTS) is 1. The first-order valence-corrected chi connectivity index (χ1v) is 6.83. The van der Waals surface area contributed by atoms with Crippen LogP contribution in [0.5, 0.6) is 0 Å². The lowest BCUT2D eigenvalue weighted by Crippen LogP contribution is -2.50. The lowest BCUT2D eigenvalue weighted by molar-refractivity contribution is -0.149. The maximum absolute atomic E-state index is 11.4. The van der Waals surface area contributed by atoms with E-state index in [0.29, 0.717) is 5.82 Å². The van der Waals surface area contributed by atoms with Crippen LogP contribution in [0.2, 0.25) is 0 Å². The molecule has 0 saturated carbocycles. The van der Waals surface area contributed by atoms with Crippen molar-refractivity contribution in [3.05, 3.63) is 17.8 Å². The maximum atomic E-state index is 11.4.